The Hall–Kier alpha value is -2.14. The minimum Gasteiger partial charge on any atom is -0.354 e. The highest BCUT2D eigenvalue weighted by Gasteiger charge is 2.33. The fourth-order valence-corrected chi connectivity index (χ4v) is 4.48. The molecule has 2 aliphatic heterocycles. The second-order valence-electron chi connectivity index (χ2n) is 7.07. The Morgan fingerprint density at radius 2 is 1.86 bits per heavy atom. The Balaban J connectivity index is 1.33. The third kappa shape index (κ3) is 4.72. The molecule has 0 unspecified atom stereocenters. The van der Waals surface area contributed by atoms with Crippen molar-refractivity contribution in [2.24, 2.45) is 0 Å². The number of nitrogens with zero attached hydrogens (tertiary/aromatic N) is 6. The maximum atomic E-state index is 12.8. The zero-order valence-corrected chi connectivity index (χ0v) is 16.5. The number of fused-ring (bicyclic) bond motifs is 1. The van der Waals surface area contributed by atoms with E-state index in [0.29, 0.717) is 39.3 Å². The minimum absolute atomic E-state index is 0.0782. The molecule has 2 aromatic heterocycles. The summed E-state index contributed by atoms with van der Waals surface area (Å²) in [5.41, 5.74) is 1.04. The van der Waals surface area contributed by atoms with Gasteiger partial charge in [-0.1, -0.05) is 0 Å². The van der Waals surface area contributed by atoms with E-state index in [0.717, 1.165) is 41.6 Å². The van der Waals surface area contributed by atoms with Gasteiger partial charge in [0, 0.05) is 57.0 Å². The van der Waals surface area contributed by atoms with Crippen molar-refractivity contribution in [1.29, 1.82) is 0 Å². The summed E-state index contributed by atoms with van der Waals surface area (Å²) in [6, 6.07) is 2.68. The lowest BCUT2D eigenvalue weighted by molar-refractivity contribution is -0.141. The van der Waals surface area contributed by atoms with Crippen molar-refractivity contribution in [3.63, 3.8) is 0 Å². The van der Waals surface area contributed by atoms with Crippen molar-refractivity contribution < 1.29 is 13.2 Å². The van der Waals surface area contributed by atoms with Crippen LogP contribution in [0.1, 0.15) is 17.0 Å². The Morgan fingerprint density at radius 1 is 1.07 bits per heavy atom. The summed E-state index contributed by atoms with van der Waals surface area (Å²) in [5, 5.41) is 4.52. The Kier molecular flexibility index (Phi) is 5.77. The molecule has 0 N–H and O–H groups in total. The molecule has 0 spiro atoms. The molecule has 0 radical (unpaired) electrons. The third-order valence-electron chi connectivity index (χ3n) is 5.17. The van der Waals surface area contributed by atoms with Gasteiger partial charge in [0.2, 0.25) is 0 Å². The van der Waals surface area contributed by atoms with Gasteiger partial charge in [0.1, 0.15) is 17.8 Å². The number of alkyl halides is 3. The fraction of sp³-hybridized carbons (Fsp3) is 0.556. The number of aryl methyl sites for hydroxylation is 1. The third-order valence-corrected chi connectivity index (χ3v) is 6.18. The summed E-state index contributed by atoms with van der Waals surface area (Å²) in [6.45, 7) is 3.68. The number of hydrogen-bond donors (Lipinski definition) is 0. The molecule has 0 saturated carbocycles. The first-order chi connectivity index (χ1) is 13.9. The van der Waals surface area contributed by atoms with Gasteiger partial charge in [-0.2, -0.15) is 30.0 Å². The maximum absolute atomic E-state index is 12.8. The molecule has 0 bridgehead atoms. The van der Waals surface area contributed by atoms with Crippen LogP contribution in [0.2, 0.25) is 0 Å². The number of rotatable bonds is 4. The summed E-state index contributed by atoms with van der Waals surface area (Å²) >= 11 is 1.82. The van der Waals surface area contributed by atoms with Crippen molar-refractivity contribution in [3.8, 4) is 0 Å². The highest BCUT2D eigenvalue weighted by molar-refractivity contribution is 7.98. The van der Waals surface area contributed by atoms with Crippen molar-refractivity contribution in [2.75, 3.05) is 43.4 Å². The van der Waals surface area contributed by atoms with E-state index >= 15 is 0 Å². The molecule has 4 rings (SSSR count). The molecular formula is C18H21F3N6OS. The maximum Gasteiger partial charge on any atom is 0.433 e. The molecule has 2 aromatic rings. The average Bonchev–Trinajstić information content (AvgIpc) is 2.72. The molecule has 29 heavy (non-hydrogen) atoms. The summed E-state index contributed by atoms with van der Waals surface area (Å²) in [4.78, 5) is 23.6. The van der Waals surface area contributed by atoms with Crippen LogP contribution in [-0.4, -0.2) is 63.1 Å². The predicted octanol–water partition coefficient (Wildman–Crippen LogP) is 1.66. The van der Waals surface area contributed by atoms with Crippen molar-refractivity contribution >= 4 is 17.6 Å². The Bertz CT molecular complexity index is 927. The number of halogens is 3. The van der Waals surface area contributed by atoms with E-state index in [1.54, 1.807) is 6.07 Å². The van der Waals surface area contributed by atoms with Crippen LogP contribution in [0.4, 0.5) is 19.0 Å². The fourth-order valence-electron chi connectivity index (χ4n) is 3.52. The Morgan fingerprint density at radius 3 is 2.62 bits per heavy atom. The van der Waals surface area contributed by atoms with Crippen LogP contribution < -0.4 is 10.5 Å². The minimum atomic E-state index is -4.48. The first-order valence-corrected chi connectivity index (χ1v) is 10.6. The van der Waals surface area contributed by atoms with Gasteiger partial charge < -0.3 is 4.90 Å². The molecular weight excluding hydrogens is 405 g/mol. The van der Waals surface area contributed by atoms with Gasteiger partial charge in [-0.3, -0.25) is 9.69 Å². The standard InChI is InChI=1S/C18H21F3N6OS/c19-18(20,21)15-10-16(23-12-22-15)26-5-2-25(3-6-26)4-7-27-17(28)9-13-11-29-8-1-14(13)24-27/h9-10,12H,1-8,11H2. The van der Waals surface area contributed by atoms with E-state index in [1.165, 1.54) is 4.68 Å². The van der Waals surface area contributed by atoms with Crippen LogP contribution >= 0.6 is 11.8 Å². The van der Waals surface area contributed by atoms with Gasteiger partial charge in [-0.05, 0) is 11.3 Å². The first-order valence-electron chi connectivity index (χ1n) is 9.44. The van der Waals surface area contributed by atoms with E-state index in [9.17, 15) is 18.0 Å². The molecule has 0 atom stereocenters. The molecule has 1 fully saturated rings. The lowest BCUT2D eigenvalue weighted by Gasteiger charge is -2.35. The molecule has 11 heteroatoms. The largest absolute Gasteiger partial charge is 0.433 e. The summed E-state index contributed by atoms with van der Waals surface area (Å²) < 4.78 is 40.1. The van der Waals surface area contributed by atoms with Crippen molar-refractivity contribution in [2.45, 2.75) is 24.9 Å². The SMILES string of the molecule is O=c1cc2c(nn1CCN1CCN(c3cc(C(F)(F)F)ncn3)CC1)CCSC2. The summed E-state index contributed by atoms with van der Waals surface area (Å²) in [6.07, 6.45) is -2.64. The van der Waals surface area contributed by atoms with Crippen LogP contribution in [0, 0.1) is 0 Å². The quantitative estimate of drug-likeness (QED) is 0.737. The highest BCUT2D eigenvalue weighted by atomic mass is 32.2. The van der Waals surface area contributed by atoms with Gasteiger partial charge >= 0.3 is 6.18 Å². The van der Waals surface area contributed by atoms with Crippen LogP contribution in [0.15, 0.2) is 23.3 Å². The lowest BCUT2D eigenvalue weighted by Crippen LogP contribution is -2.48. The van der Waals surface area contributed by atoms with E-state index in [1.807, 2.05) is 16.7 Å². The summed E-state index contributed by atoms with van der Waals surface area (Å²) in [7, 11) is 0. The topological polar surface area (TPSA) is 67.2 Å². The number of thioether (sulfide) groups is 1. The van der Waals surface area contributed by atoms with Crippen LogP contribution in [0.3, 0.4) is 0 Å². The molecule has 2 aliphatic rings. The lowest BCUT2D eigenvalue weighted by atomic mass is 10.2. The van der Waals surface area contributed by atoms with E-state index in [-0.39, 0.29) is 11.4 Å². The second kappa shape index (κ2) is 8.31. The van der Waals surface area contributed by atoms with Crippen molar-refractivity contribution in [3.05, 3.63) is 45.8 Å². The smallest absolute Gasteiger partial charge is 0.354 e. The Labute approximate surface area is 169 Å². The number of hydrogen-bond acceptors (Lipinski definition) is 7. The average molecular weight is 426 g/mol. The zero-order chi connectivity index (χ0) is 20.4. The van der Waals surface area contributed by atoms with Crippen LogP contribution in [-0.2, 0) is 24.9 Å². The number of anilines is 1. The highest BCUT2D eigenvalue weighted by Crippen LogP contribution is 2.29. The van der Waals surface area contributed by atoms with Gasteiger partial charge in [0.05, 0.1) is 12.2 Å². The molecule has 156 valence electrons. The van der Waals surface area contributed by atoms with Gasteiger partial charge in [-0.25, -0.2) is 14.6 Å². The van der Waals surface area contributed by atoms with Crippen molar-refractivity contribution in [1.82, 2.24) is 24.6 Å². The van der Waals surface area contributed by atoms with Crippen LogP contribution in [0.5, 0.6) is 0 Å². The summed E-state index contributed by atoms with van der Waals surface area (Å²) in [5.74, 6) is 2.16. The predicted molar refractivity (Wildman–Crippen MR) is 104 cm³/mol. The second-order valence-corrected chi connectivity index (χ2v) is 8.17. The zero-order valence-electron chi connectivity index (χ0n) is 15.7. The molecule has 0 aromatic carbocycles. The molecule has 4 heterocycles. The molecule has 0 amide bonds. The molecule has 0 aliphatic carbocycles. The first kappa shape index (κ1) is 20.1. The van der Waals surface area contributed by atoms with E-state index in [4.69, 9.17) is 0 Å². The van der Waals surface area contributed by atoms with E-state index < -0.39 is 11.9 Å². The number of aromatic nitrogens is 4. The van der Waals surface area contributed by atoms with Gasteiger partial charge in [0.15, 0.2) is 0 Å². The normalized spacial score (nSPS) is 18.0. The molecule has 7 nitrogen and oxygen atoms in total. The van der Waals surface area contributed by atoms with Gasteiger partial charge in [-0.15, -0.1) is 0 Å². The molecule has 1 saturated heterocycles. The monoisotopic (exact) mass is 426 g/mol. The van der Waals surface area contributed by atoms with E-state index in [2.05, 4.69) is 20.0 Å². The van der Waals surface area contributed by atoms with Crippen LogP contribution in [0.25, 0.3) is 0 Å². The van der Waals surface area contributed by atoms with Gasteiger partial charge in [0.25, 0.3) is 5.56 Å². The number of piperazine rings is 1.